The zero-order valence-electron chi connectivity index (χ0n) is 9.68. The van der Waals surface area contributed by atoms with E-state index in [1.165, 1.54) is 24.5 Å². The molecule has 2 rings (SSSR count). The third-order valence-corrected chi connectivity index (χ3v) is 2.86. The fourth-order valence-corrected chi connectivity index (χ4v) is 1.85. The van der Waals surface area contributed by atoms with E-state index >= 15 is 0 Å². The van der Waals surface area contributed by atoms with Crippen molar-refractivity contribution in [3.8, 4) is 6.07 Å². The summed E-state index contributed by atoms with van der Waals surface area (Å²) in [6.07, 6.45) is 2.95. The van der Waals surface area contributed by atoms with Crippen molar-refractivity contribution in [1.82, 2.24) is 4.98 Å². The highest BCUT2D eigenvalue weighted by Crippen LogP contribution is 2.23. The average Bonchev–Trinajstić information content (AvgIpc) is 2.43. The summed E-state index contributed by atoms with van der Waals surface area (Å²) >= 11 is 5.74. The number of aromatic nitrogens is 1. The molecule has 5 heteroatoms. The minimum atomic E-state index is -1.07. The summed E-state index contributed by atoms with van der Waals surface area (Å²) < 4.78 is 13.6. The number of carbonyl (C=O) groups excluding carboxylic acids is 1. The molecule has 3 nitrogen and oxygen atoms in total. The van der Waals surface area contributed by atoms with E-state index in [-0.39, 0.29) is 10.6 Å². The lowest BCUT2D eigenvalue weighted by atomic mass is 9.92. The van der Waals surface area contributed by atoms with Gasteiger partial charge in [-0.1, -0.05) is 11.6 Å². The molecule has 0 amide bonds. The predicted molar refractivity (Wildman–Crippen MR) is 68.3 cm³/mol. The highest BCUT2D eigenvalue weighted by atomic mass is 35.5. The Morgan fingerprint density at radius 3 is 2.63 bits per heavy atom. The number of ketones is 1. The van der Waals surface area contributed by atoms with Crippen LogP contribution in [0.1, 0.15) is 21.8 Å². The number of Topliss-reactive ketones (excluding diaryl/α,β-unsaturated/α-hetero) is 1. The second kappa shape index (κ2) is 5.59. The summed E-state index contributed by atoms with van der Waals surface area (Å²) in [7, 11) is 0. The lowest BCUT2D eigenvalue weighted by Gasteiger charge is -2.09. The van der Waals surface area contributed by atoms with Crippen molar-refractivity contribution in [2.75, 3.05) is 0 Å². The highest BCUT2D eigenvalue weighted by Gasteiger charge is 2.24. The first kappa shape index (κ1) is 13.2. The maximum absolute atomic E-state index is 13.6. The fourth-order valence-electron chi connectivity index (χ4n) is 1.68. The molecule has 19 heavy (non-hydrogen) atoms. The van der Waals surface area contributed by atoms with Crippen molar-refractivity contribution in [2.24, 2.45) is 0 Å². The van der Waals surface area contributed by atoms with Gasteiger partial charge in [0.2, 0.25) is 0 Å². The first-order chi connectivity index (χ1) is 9.13. The molecule has 1 aromatic carbocycles. The van der Waals surface area contributed by atoms with Crippen LogP contribution >= 0.6 is 11.6 Å². The lowest BCUT2D eigenvalue weighted by Crippen LogP contribution is -2.13. The molecule has 0 bridgehead atoms. The van der Waals surface area contributed by atoms with Crippen LogP contribution in [0.5, 0.6) is 0 Å². The smallest absolute Gasteiger partial charge is 0.187 e. The molecule has 0 aliphatic rings. The van der Waals surface area contributed by atoms with E-state index in [0.29, 0.717) is 5.56 Å². The van der Waals surface area contributed by atoms with Crippen molar-refractivity contribution in [2.45, 2.75) is 5.92 Å². The number of nitriles is 1. The largest absolute Gasteiger partial charge is 0.292 e. The molecule has 1 unspecified atom stereocenters. The van der Waals surface area contributed by atoms with Gasteiger partial charge in [0.25, 0.3) is 0 Å². The minimum Gasteiger partial charge on any atom is -0.292 e. The molecular formula is C14H8ClFN2O. The summed E-state index contributed by atoms with van der Waals surface area (Å²) in [5, 5.41) is 9.37. The van der Waals surface area contributed by atoms with Crippen molar-refractivity contribution in [3.63, 3.8) is 0 Å². The lowest BCUT2D eigenvalue weighted by molar-refractivity contribution is 0.0975. The first-order valence-electron chi connectivity index (χ1n) is 5.42. The second-order valence-electron chi connectivity index (χ2n) is 3.83. The molecule has 0 radical (unpaired) electrons. The van der Waals surface area contributed by atoms with E-state index in [1.807, 2.05) is 6.07 Å². The Labute approximate surface area is 114 Å². The van der Waals surface area contributed by atoms with E-state index in [4.69, 9.17) is 16.9 Å². The quantitative estimate of drug-likeness (QED) is 0.807. The van der Waals surface area contributed by atoms with Crippen LogP contribution in [-0.2, 0) is 0 Å². The zero-order valence-corrected chi connectivity index (χ0v) is 10.4. The van der Waals surface area contributed by atoms with E-state index in [9.17, 15) is 9.18 Å². The topological polar surface area (TPSA) is 53.8 Å². The number of halogens is 2. The second-order valence-corrected chi connectivity index (χ2v) is 4.27. The number of hydrogen-bond acceptors (Lipinski definition) is 3. The molecule has 1 heterocycles. The monoisotopic (exact) mass is 274 g/mol. The number of rotatable bonds is 3. The maximum atomic E-state index is 13.6. The van der Waals surface area contributed by atoms with E-state index < -0.39 is 17.5 Å². The van der Waals surface area contributed by atoms with Gasteiger partial charge in [-0.25, -0.2) is 4.39 Å². The van der Waals surface area contributed by atoms with Gasteiger partial charge in [0.15, 0.2) is 5.78 Å². The molecule has 1 atom stereocenters. The van der Waals surface area contributed by atoms with E-state index in [2.05, 4.69) is 4.98 Å². The summed E-state index contributed by atoms with van der Waals surface area (Å²) in [4.78, 5) is 16.0. The Morgan fingerprint density at radius 1 is 1.32 bits per heavy atom. The van der Waals surface area contributed by atoms with Crippen molar-refractivity contribution in [1.29, 1.82) is 5.26 Å². The maximum Gasteiger partial charge on any atom is 0.187 e. The third kappa shape index (κ3) is 2.78. The molecule has 0 fully saturated rings. The molecule has 0 saturated heterocycles. The van der Waals surface area contributed by atoms with Gasteiger partial charge in [0, 0.05) is 17.4 Å². The van der Waals surface area contributed by atoms with Crippen molar-refractivity contribution >= 4 is 17.4 Å². The Balaban J connectivity index is 2.43. The van der Waals surface area contributed by atoms with Crippen LogP contribution < -0.4 is 0 Å². The van der Waals surface area contributed by atoms with Gasteiger partial charge >= 0.3 is 0 Å². The predicted octanol–water partition coefficient (Wildman–Crippen LogP) is 3.36. The van der Waals surface area contributed by atoms with Gasteiger partial charge in [-0.3, -0.25) is 9.78 Å². The standard InChI is InChI=1S/C14H8ClFN2O/c15-10-1-2-13(16)11(7-10)14(19)12(8-17)9-3-5-18-6-4-9/h1-7,12H. The van der Waals surface area contributed by atoms with Crippen LogP contribution in [-0.4, -0.2) is 10.8 Å². The average molecular weight is 275 g/mol. The molecule has 1 aromatic heterocycles. The molecule has 94 valence electrons. The van der Waals surface area contributed by atoms with Crippen LogP contribution in [0.25, 0.3) is 0 Å². The van der Waals surface area contributed by atoms with Gasteiger partial charge in [-0.05, 0) is 35.9 Å². The van der Waals surface area contributed by atoms with Crippen LogP contribution in [0, 0.1) is 17.1 Å². The Hall–Kier alpha value is -2.25. The third-order valence-electron chi connectivity index (χ3n) is 2.62. The summed E-state index contributed by atoms with van der Waals surface area (Å²) in [5.74, 6) is -2.38. The Bertz CT molecular complexity index is 652. The van der Waals surface area contributed by atoms with Crippen molar-refractivity contribution in [3.05, 3.63) is 64.7 Å². The van der Waals surface area contributed by atoms with E-state index in [0.717, 1.165) is 6.07 Å². The molecule has 0 aliphatic heterocycles. The summed E-state index contributed by atoms with van der Waals surface area (Å²) in [5.41, 5.74) is 0.290. The first-order valence-corrected chi connectivity index (χ1v) is 5.80. The SMILES string of the molecule is N#CC(C(=O)c1cc(Cl)ccc1F)c1ccncc1. The van der Waals surface area contributed by atoms with E-state index in [1.54, 1.807) is 12.1 Å². The van der Waals surface area contributed by atoms with Crippen LogP contribution in [0.4, 0.5) is 4.39 Å². The number of hydrogen-bond donors (Lipinski definition) is 0. The normalized spacial score (nSPS) is 11.6. The number of nitrogens with zero attached hydrogens (tertiary/aromatic N) is 2. The van der Waals surface area contributed by atoms with Gasteiger partial charge < -0.3 is 0 Å². The van der Waals surface area contributed by atoms with Gasteiger partial charge in [-0.2, -0.15) is 5.26 Å². The highest BCUT2D eigenvalue weighted by molar-refractivity contribution is 6.31. The van der Waals surface area contributed by atoms with Crippen molar-refractivity contribution < 1.29 is 9.18 Å². The molecule has 0 N–H and O–H groups in total. The Kier molecular flexibility index (Phi) is 3.88. The minimum absolute atomic E-state index is 0.184. The molecule has 2 aromatic rings. The summed E-state index contributed by atoms with van der Waals surface area (Å²) in [6, 6.07) is 8.66. The zero-order chi connectivity index (χ0) is 13.8. The van der Waals surface area contributed by atoms with Crippen LogP contribution in [0.15, 0.2) is 42.7 Å². The van der Waals surface area contributed by atoms with Gasteiger partial charge in [-0.15, -0.1) is 0 Å². The van der Waals surface area contributed by atoms with Gasteiger partial charge in [0.1, 0.15) is 11.7 Å². The fraction of sp³-hybridized carbons (Fsp3) is 0.0714. The molecule has 0 aliphatic carbocycles. The van der Waals surface area contributed by atoms with Gasteiger partial charge in [0.05, 0.1) is 11.6 Å². The number of pyridine rings is 1. The number of benzene rings is 1. The summed E-state index contributed by atoms with van der Waals surface area (Å²) in [6.45, 7) is 0. The Morgan fingerprint density at radius 2 is 2.00 bits per heavy atom. The molecule has 0 saturated carbocycles. The molecule has 0 spiro atoms. The number of carbonyl (C=O) groups is 1. The van der Waals surface area contributed by atoms with Crippen LogP contribution in [0.2, 0.25) is 5.02 Å². The molecular weight excluding hydrogens is 267 g/mol. The van der Waals surface area contributed by atoms with Crippen LogP contribution in [0.3, 0.4) is 0 Å².